The van der Waals surface area contributed by atoms with Gasteiger partial charge in [0.05, 0.1) is 10.9 Å². The van der Waals surface area contributed by atoms with Gasteiger partial charge < -0.3 is 20.6 Å². The second-order valence-corrected chi connectivity index (χ2v) is 8.84. The van der Waals surface area contributed by atoms with E-state index >= 15 is 0 Å². The van der Waals surface area contributed by atoms with Gasteiger partial charge in [-0.1, -0.05) is 12.1 Å². The van der Waals surface area contributed by atoms with Crippen molar-refractivity contribution in [2.24, 2.45) is 7.05 Å². The Morgan fingerprint density at radius 1 is 1.12 bits per heavy atom. The van der Waals surface area contributed by atoms with Crippen LogP contribution in [0, 0.1) is 0 Å². The molecule has 0 spiro atoms. The van der Waals surface area contributed by atoms with E-state index in [4.69, 9.17) is 5.73 Å². The zero-order valence-electron chi connectivity index (χ0n) is 17.9. The maximum Gasteiger partial charge on any atom is 0.329 e. The number of nitrogens with one attached hydrogen (secondary N) is 2. The summed E-state index contributed by atoms with van der Waals surface area (Å²) in [6.45, 7) is 0. The topological polar surface area (TPSA) is 154 Å². The van der Waals surface area contributed by atoms with Crippen molar-refractivity contribution in [3.63, 3.8) is 0 Å². The Bertz CT molecular complexity index is 1500. The number of para-hydroxylation sites is 1. The van der Waals surface area contributed by atoms with Crippen LogP contribution in [0.1, 0.15) is 11.9 Å². The second kappa shape index (κ2) is 10.2. The normalized spacial score (nSPS) is 11.6. The summed E-state index contributed by atoms with van der Waals surface area (Å²) in [7, 11) is 1.78. The number of hydrogen-bond donors (Lipinski definition) is 3. The Morgan fingerprint density at radius 2 is 1.88 bits per heavy atom. The number of H-pyrrole nitrogens is 1. The van der Waals surface area contributed by atoms with Gasteiger partial charge in [0.1, 0.15) is 11.9 Å². The molecule has 0 aliphatic carbocycles. The Balaban J connectivity index is 0.000000398. The lowest BCUT2D eigenvalue weighted by atomic mass is 10.1. The molecule has 13 heteroatoms. The average molecular weight is 497 g/mol. The van der Waals surface area contributed by atoms with Crippen molar-refractivity contribution in [3.8, 4) is 0 Å². The number of carbonyl (C=O) groups is 1. The average Bonchev–Trinajstić information content (AvgIpc) is 3.58. The third-order valence-electron chi connectivity index (χ3n) is 4.86. The molecule has 5 rings (SSSR count). The molecule has 0 aliphatic rings. The molecule has 34 heavy (non-hydrogen) atoms. The van der Waals surface area contributed by atoms with Gasteiger partial charge >= 0.3 is 5.69 Å². The monoisotopic (exact) mass is 496 g/mol. The Hall–Kier alpha value is -4.10. The Kier molecular flexibility index (Phi) is 6.94. The number of carbonyl (C=O) groups excluding carboxylic acids is 1. The predicted molar refractivity (Wildman–Crippen MR) is 132 cm³/mol. The molecular formula is C21H20N8O3S2. The summed E-state index contributed by atoms with van der Waals surface area (Å²) in [4.78, 5) is 53.4. The standard InChI is InChI=1S/C18H16N6O3S.C3H4N2S/c1-23-8-6-19-14(23)10-13(15(25)22-17-20-7-9-28-17)24-16(26)11-4-2-3-5-12(11)21-18(24)27;4-3-5-1-2-6-3/h2-9,13H,10H2,1H3,(H,21,27)(H,20,22,25);1-2H,(H2,4,5). The molecule has 1 atom stereocenters. The van der Waals surface area contributed by atoms with E-state index in [2.05, 4.69) is 25.3 Å². The van der Waals surface area contributed by atoms with Crippen molar-refractivity contribution in [1.29, 1.82) is 0 Å². The van der Waals surface area contributed by atoms with E-state index in [0.29, 0.717) is 27.0 Å². The van der Waals surface area contributed by atoms with Crippen molar-refractivity contribution in [2.75, 3.05) is 11.1 Å². The van der Waals surface area contributed by atoms with Crippen LogP contribution in [-0.4, -0.2) is 35.0 Å². The molecule has 4 heterocycles. The van der Waals surface area contributed by atoms with Crippen LogP contribution in [0.2, 0.25) is 0 Å². The molecule has 4 aromatic heterocycles. The number of nitrogens with zero attached hydrogens (tertiary/aromatic N) is 5. The Morgan fingerprint density at radius 3 is 2.50 bits per heavy atom. The van der Waals surface area contributed by atoms with Gasteiger partial charge in [0.2, 0.25) is 5.91 Å². The number of hydrogen-bond acceptors (Lipinski definition) is 9. The lowest BCUT2D eigenvalue weighted by Gasteiger charge is -2.18. The van der Waals surface area contributed by atoms with Crippen LogP contribution in [0.4, 0.5) is 10.3 Å². The number of imidazole rings is 1. The van der Waals surface area contributed by atoms with Gasteiger partial charge in [-0.2, -0.15) is 0 Å². The number of aryl methyl sites for hydroxylation is 1. The molecule has 0 fully saturated rings. The zero-order valence-corrected chi connectivity index (χ0v) is 19.5. The first kappa shape index (κ1) is 23.1. The molecule has 1 aromatic carbocycles. The van der Waals surface area contributed by atoms with Crippen molar-refractivity contribution in [3.05, 3.63) is 86.5 Å². The number of benzene rings is 1. The smallest absolute Gasteiger partial charge is 0.329 e. The van der Waals surface area contributed by atoms with Gasteiger partial charge in [-0.15, -0.1) is 22.7 Å². The minimum absolute atomic E-state index is 0.0715. The van der Waals surface area contributed by atoms with Gasteiger partial charge in [-0.25, -0.2) is 24.3 Å². The quantitative estimate of drug-likeness (QED) is 0.336. The van der Waals surface area contributed by atoms with Crippen molar-refractivity contribution < 1.29 is 4.79 Å². The molecule has 0 saturated heterocycles. The van der Waals surface area contributed by atoms with E-state index < -0.39 is 23.2 Å². The van der Waals surface area contributed by atoms with Gasteiger partial charge in [0, 0.05) is 49.0 Å². The van der Waals surface area contributed by atoms with Gasteiger partial charge in [0.25, 0.3) is 5.56 Å². The zero-order chi connectivity index (χ0) is 24.1. The van der Waals surface area contributed by atoms with Crippen LogP contribution in [-0.2, 0) is 18.3 Å². The number of fused-ring (bicyclic) bond motifs is 1. The SMILES string of the molecule is Cn1ccnc1CC(C(=O)Nc1nccs1)n1c(=O)[nH]c2ccccc2c1=O.Nc1nccs1. The van der Waals surface area contributed by atoms with Crippen LogP contribution in [0.5, 0.6) is 0 Å². The van der Waals surface area contributed by atoms with Gasteiger partial charge in [-0.05, 0) is 12.1 Å². The van der Waals surface area contributed by atoms with Gasteiger partial charge in [0.15, 0.2) is 10.3 Å². The fourth-order valence-corrected chi connectivity index (χ4v) is 4.15. The lowest BCUT2D eigenvalue weighted by Crippen LogP contribution is -2.43. The first-order valence-corrected chi connectivity index (χ1v) is 11.7. The number of aromatic nitrogens is 6. The molecule has 5 aromatic rings. The molecule has 1 amide bonds. The van der Waals surface area contributed by atoms with Crippen LogP contribution in [0.15, 0.2) is 69.4 Å². The molecule has 0 aliphatic heterocycles. The number of aromatic amines is 1. The summed E-state index contributed by atoms with van der Waals surface area (Å²) in [5, 5.41) is 7.59. The van der Waals surface area contributed by atoms with Crippen molar-refractivity contribution >= 4 is 49.7 Å². The maximum absolute atomic E-state index is 13.0. The molecule has 0 saturated carbocycles. The van der Waals surface area contributed by atoms with E-state index in [1.165, 1.54) is 22.7 Å². The van der Waals surface area contributed by atoms with Crippen LogP contribution in [0.3, 0.4) is 0 Å². The largest absolute Gasteiger partial charge is 0.375 e. The molecule has 11 nitrogen and oxygen atoms in total. The third-order valence-corrected chi connectivity index (χ3v) is 6.15. The van der Waals surface area contributed by atoms with Crippen molar-refractivity contribution in [1.82, 2.24) is 29.1 Å². The summed E-state index contributed by atoms with van der Waals surface area (Å²) in [5.74, 6) is 0.0552. The van der Waals surface area contributed by atoms with E-state index in [-0.39, 0.29) is 6.42 Å². The van der Waals surface area contributed by atoms with E-state index in [9.17, 15) is 14.4 Å². The summed E-state index contributed by atoms with van der Waals surface area (Å²) >= 11 is 2.69. The van der Waals surface area contributed by atoms with Crippen LogP contribution >= 0.6 is 22.7 Å². The van der Waals surface area contributed by atoms with Gasteiger partial charge in [-0.3, -0.25) is 9.59 Å². The molecule has 1 unspecified atom stereocenters. The molecule has 174 valence electrons. The highest BCUT2D eigenvalue weighted by molar-refractivity contribution is 7.13. The molecule has 4 N–H and O–H groups in total. The predicted octanol–water partition coefficient (Wildman–Crippen LogP) is 2.03. The third kappa shape index (κ3) is 5.10. The highest BCUT2D eigenvalue weighted by Gasteiger charge is 2.27. The first-order chi connectivity index (χ1) is 16.4. The van der Waals surface area contributed by atoms with Crippen LogP contribution < -0.4 is 22.3 Å². The fraction of sp³-hybridized carbons (Fsp3) is 0.143. The number of nitrogen functional groups attached to an aromatic ring is 1. The summed E-state index contributed by atoms with van der Waals surface area (Å²) in [6, 6.07) is 5.59. The summed E-state index contributed by atoms with van der Waals surface area (Å²) < 4.78 is 2.68. The highest BCUT2D eigenvalue weighted by atomic mass is 32.1. The molecule has 0 bridgehead atoms. The first-order valence-electron chi connectivity index (χ1n) is 9.99. The number of anilines is 2. The number of amides is 1. The maximum atomic E-state index is 13.0. The summed E-state index contributed by atoms with van der Waals surface area (Å²) in [6.07, 6.45) is 6.64. The number of thiazole rings is 2. The minimum Gasteiger partial charge on any atom is -0.375 e. The van der Waals surface area contributed by atoms with E-state index in [1.807, 2.05) is 5.38 Å². The van der Waals surface area contributed by atoms with E-state index in [1.54, 1.807) is 66.0 Å². The lowest BCUT2D eigenvalue weighted by molar-refractivity contribution is -0.119. The second-order valence-electron chi connectivity index (χ2n) is 7.02. The van der Waals surface area contributed by atoms with Crippen LogP contribution in [0.25, 0.3) is 10.9 Å². The van der Waals surface area contributed by atoms with Crippen molar-refractivity contribution in [2.45, 2.75) is 12.5 Å². The van der Waals surface area contributed by atoms with E-state index in [0.717, 1.165) is 4.57 Å². The minimum atomic E-state index is -1.09. The Labute approximate surface area is 200 Å². The highest BCUT2D eigenvalue weighted by Crippen LogP contribution is 2.17. The summed E-state index contributed by atoms with van der Waals surface area (Å²) in [5.41, 5.74) is 4.42. The molecular weight excluding hydrogens is 476 g/mol. The number of nitrogens with two attached hydrogens (primary N) is 1. The number of rotatable bonds is 5. The molecule has 0 radical (unpaired) electrons. The fourth-order valence-electron chi connectivity index (χ4n) is 3.23.